The van der Waals surface area contributed by atoms with Crippen LogP contribution in [0.4, 0.5) is 0 Å². The summed E-state index contributed by atoms with van der Waals surface area (Å²) >= 11 is 3.47. The van der Waals surface area contributed by atoms with Gasteiger partial charge in [-0.15, -0.1) is 0 Å². The number of hydrogen-bond acceptors (Lipinski definition) is 3. The first kappa shape index (κ1) is 14.9. The number of halogens is 1. The number of nitrogens with two attached hydrogens (primary N) is 1. The summed E-state index contributed by atoms with van der Waals surface area (Å²) in [6, 6.07) is 13.8. The Balaban J connectivity index is 2.27. The molecule has 4 heteroatoms. The fourth-order valence-electron chi connectivity index (χ4n) is 2.23. The van der Waals surface area contributed by atoms with Gasteiger partial charge in [0.25, 0.3) is 0 Å². The molecule has 0 bridgehead atoms. The standard InChI is InChI=1S/C16H18BrNO2/c1-19-15-8-4-7-13(16(15)20-2)14(18)10-11-5-3-6-12(17)9-11/h3-9,14H,10,18H2,1-2H3. The second-order valence-electron chi connectivity index (χ2n) is 4.52. The molecule has 0 amide bonds. The van der Waals surface area contributed by atoms with Gasteiger partial charge in [-0.25, -0.2) is 0 Å². The normalized spacial score (nSPS) is 12.0. The first-order valence-electron chi connectivity index (χ1n) is 6.36. The molecule has 2 aromatic rings. The molecular formula is C16H18BrNO2. The van der Waals surface area contributed by atoms with Crippen LogP contribution in [-0.2, 0) is 6.42 Å². The third kappa shape index (κ3) is 3.32. The minimum absolute atomic E-state index is 0.144. The summed E-state index contributed by atoms with van der Waals surface area (Å²) in [6.45, 7) is 0. The first-order chi connectivity index (χ1) is 9.65. The maximum atomic E-state index is 6.33. The van der Waals surface area contributed by atoms with Gasteiger partial charge in [0.15, 0.2) is 11.5 Å². The molecule has 0 heterocycles. The second-order valence-corrected chi connectivity index (χ2v) is 5.44. The van der Waals surface area contributed by atoms with Crippen molar-refractivity contribution in [2.24, 2.45) is 5.73 Å². The SMILES string of the molecule is COc1cccc(C(N)Cc2cccc(Br)c2)c1OC. The predicted molar refractivity (Wildman–Crippen MR) is 84.3 cm³/mol. The molecule has 0 saturated heterocycles. The number of methoxy groups -OCH3 is 2. The lowest BCUT2D eigenvalue weighted by Gasteiger charge is -2.18. The van der Waals surface area contributed by atoms with E-state index in [0.717, 1.165) is 16.5 Å². The maximum absolute atomic E-state index is 6.33. The fraction of sp³-hybridized carbons (Fsp3) is 0.250. The summed E-state index contributed by atoms with van der Waals surface area (Å²) in [7, 11) is 3.26. The van der Waals surface area contributed by atoms with Crippen LogP contribution in [0.3, 0.4) is 0 Å². The van der Waals surface area contributed by atoms with Crippen LogP contribution in [0.25, 0.3) is 0 Å². The number of para-hydroxylation sites is 1. The molecule has 0 aliphatic rings. The number of hydrogen-bond donors (Lipinski definition) is 1. The van der Waals surface area contributed by atoms with Gasteiger partial charge in [-0.3, -0.25) is 0 Å². The number of benzene rings is 2. The Bertz CT molecular complexity index is 586. The lowest BCUT2D eigenvalue weighted by molar-refractivity contribution is 0.349. The summed E-state index contributed by atoms with van der Waals surface area (Å²) in [5, 5.41) is 0. The van der Waals surface area contributed by atoms with Gasteiger partial charge in [0.2, 0.25) is 0 Å². The molecule has 0 radical (unpaired) electrons. The van der Waals surface area contributed by atoms with Crippen LogP contribution < -0.4 is 15.2 Å². The smallest absolute Gasteiger partial charge is 0.165 e. The zero-order chi connectivity index (χ0) is 14.5. The molecule has 106 valence electrons. The molecule has 0 fully saturated rings. The van der Waals surface area contributed by atoms with Crippen molar-refractivity contribution >= 4 is 15.9 Å². The second kappa shape index (κ2) is 6.77. The van der Waals surface area contributed by atoms with E-state index in [-0.39, 0.29) is 6.04 Å². The largest absolute Gasteiger partial charge is 0.493 e. The molecule has 0 saturated carbocycles. The summed E-state index contributed by atoms with van der Waals surface area (Å²) in [5.41, 5.74) is 8.45. The van der Waals surface area contributed by atoms with E-state index in [4.69, 9.17) is 15.2 Å². The number of ether oxygens (including phenoxy) is 2. The minimum atomic E-state index is -0.144. The Morgan fingerprint density at radius 1 is 1.10 bits per heavy atom. The van der Waals surface area contributed by atoms with Crippen molar-refractivity contribution in [2.75, 3.05) is 14.2 Å². The summed E-state index contributed by atoms with van der Waals surface area (Å²) in [4.78, 5) is 0. The average Bonchev–Trinajstić information content (AvgIpc) is 2.46. The maximum Gasteiger partial charge on any atom is 0.165 e. The van der Waals surface area contributed by atoms with Crippen LogP contribution in [0.5, 0.6) is 11.5 Å². The van der Waals surface area contributed by atoms with E-state index in [2.05, 4.69) is 28.1 Å². The molecule has 3 nitrogen and oxygen atoms in total. The highest BCUT2D eigenvalue weighted by atomic mass is 79.9. The fourth-order valence-corrected chi connectivity index (χ4v) is 2.68. The van der Waals surface area contributed by atoms with Crippen LogP contribution in [0.1, 0.15) is 17.2 Å². The predicted octanol–water partition coefficient (Wildman–Crippen LogP) is 3.71. The summed E-state index contributed by atoms with van der Waals surface area (Å²) < 4.78 is 11.8. The van der Waals surface area contributed by atoms with E-state index >= 15 is 0 Å². The highest BCUT2D eigenvalue weighted by Gasteiger charge is 2.16. The zero-order valence-corrected chi connectivity index (χ0v) is 13.2. The van der Waals surface area contributed by atoms with Crippen molar-refractivity contribution < 1.29 is 9.47 Å². The Kier molecular flexibility index (Phi) is 5.04. The third-order valence-electron chi connectivity index (χ3n) is 3.18. The third-order valence-corrected chi connectivity index (χ3v) is 3.67. The Labute approximate surface area is 127 Å². The van der Waals surface area contributed by atoms with Gasteiger partial charge in [0.1, 0.15) is 0 Å². The monoisotopic (exact) mass is 335 g/mol. The lowest BCUT2D eigenvalue weighted by atomic mass is 9.98. The molecular weight excluding hydrogens is 318 g/mol. The highest BCUT2D eigenvalue weighted by Crippen LogP contribution is 2.34. The molecule has 0 aliphatic heterocycles. The van der Waals surface area contributed by atoms with E-state index in [1.807, 2.05) is 30.3 Å². The molecule has 2 aromatic carbocycles. The van der Waals surface area contributed by atoms with Gasteiger partial charge >= 0.3 is 0 Å². The van der Waals surface area contributed by atoms with Crippen LogP contribution in [0, 0.1) is 0 Å². The van der Waals surface area contributed by atoms with Crippen LogP contribution in [0.2, 0.25) is 0 Å². The molecule has 0 spiro atoms. The Hall–Kier alpha value is -1.52. The lowest BCUT2D eigenvalue weighted by Crippen LogP contribution is -2.14. The van der Waals surface area contributed by atoms with Gasteiger partial charge in [-0.1, -0.05) is 40.2 Å². The Morgan fingerprint density at radius 3 is 2.50 bits per heavy atom. The minimum Gasteiger partial charge on any atom is -0.493 e. The van der Waals surface area contributed by atoms with Crippen molar-refractivity contribution in [3.05, 3.63) is 58.1 Å². The van der Waals surface area contributed by atoms with Crippen molar-refractivity contribution in [3.63, 3.8) is 0 Å². The number of rotatable bonds is 5. The summed E-state index contributed by atoms with van der Waals surface area (Å²) in [5.74, 6) is 1.41. The highest BCUT2D eigenvalue weighted by molar-refractivity contribution is 9.10. The molecule has 1 atom stereocenters. The molecule has 2 rings (SSSR count). The van der Waals surface area contributed by atoms with Crippen molar-refractivity contribution in [1.29, 1.82) is 0 Å². The van der Waals surface area contributed by atoms with Gasteiger partial charge in [0.05, 0.1) is 14.2 Å². The van der Waals surface area contributed by atoms with Gasteiger partial charge in [0, 0.05) is 16.1 Å². The molecule has 20 heavy (non-hydrogen) atoms. The van der Waals surface area contributed by atoms with E-state index < -0.39 is 0 Å². The van der Waals surface area contributed by atoms with Crippen molar-refractivity contribution in [3.8, 4) is 11.5 Å². The quantitative estimate of drug-likeness (QED) is 0.905. The van der Waals surface area contributed by atoms with Gasteiger partial charge in [-0.2, -0.15) is 0 Å². The van der Waals surface area contributed by atoms with E-state index in [0.29, 0.717) is 11.5 Å². The first-order valence-corrected chi connectivity index (χ1v) is 7.16. The van der Waals surface area contributed by atoms with E-state index in [9.17, 15) is 0 Å². The molecule has 1 unspecified atom stereocenters. The summed E-state index contributed by atoms with van der Waals surface area (Å²) in [6.07, 6.45) is 0.739. The topological polar surface area (TPSA) is 44.5 Å². The van der Waals surface area contributed by atoms with Crippen molar-refractivity contribution in [1.82, 2.24) is 0 Å². The van der Waals surface area contributed by atoms with Crippen LogP contribution in [0.15, 0.2) is 46.9 Å². The van der Waals surface area contributed by atoms with E-state index in [1.165, 1.54) is 5.56 Å². The molecule has 2 N–H and O–H groups in total. The van der Waals surface area contributed by atoms with Crippen LogP contribution in [-0.4, -0.2) is 14.2 Å². The van der Waals surface area contributed by atoms with Gasteiger partial charge in [-0.05, 0) is 30.2 Å². The van der Waals surface area contributed by atoms with Gasteiger partial charge < -0.3 is 15.2 Å². The van der Waals surface area contributed by atoms with Crippen molar-refractivity contribution in [2.45, 2.75) is 12.5 Å². The zero-order valence-electron chi connectivity index (χ0n) is 11.6. The average molecular weight is 336 g/mol. The van der Waals surface area contributed by atoms with E-state index in [1.54, 1.807) is 14.2 Å². The molecule has 0 aromatic heterocycles. The van der Waals surface area contributed by atoms with Crippen LogP contribution >= 0.6 is 15.9 Å². The molecule has 0 aliphatic carbocycles. The Morgan fingerprint density at radius 2 is 1.85 bits per heavy atom.